The van der Waals surface area contributed by atoms with Crippen LogP contribution in [0.15, 0.2) is 29.3 Å². The molecule has 0 fully saturated rings. The quantitative estimate of drug-likeness (QED) is 0.621. The summed E-state index contributed by atoms with van der Waals surface area (Å²) in [7, 11) is 0. The van der Waals surface area contributed by atoms with Gasteiger partial charge in [0.15, 0.2) is 6.40 Å². The van der Waals surface area contributed by atoms with E-state index in [1.807, 2.05) is 38.1 Å². The number of ether oxygens (including phenoxy) is 1. The Morgan fingerprint density at radius 1 is 1.33 bits per heavy atom. The van der Waals surface area contributed by atoms with Gasteiger partial charge >= 0.3 is 0 Å². The van der Waals surface area contributed by atoms with Crippen LogP contribution < -0.4 is 5.32 Å². The number of carbonyl (C=O) groups is 1. The second kappa shape index (κ2) is 7.62. The zero-order valence-corrected chi connectivity index (χ0v) is 14.9. The van der Waals surface area contributed by atoms with Crippen LogP contribution >= 0.6 is 11.3 Å². The highest BCUT2D eigenvalue weighted by molar-refractivity contribution is 7.16. The molecular weight excluding hydrogens is 320 g/mol. The van der Waals surface area contributed by atoms with E-state index in [9.17, 15) is 4.79 Å². The van der Waals surface area contributed by atoms with E-state index >= 15 is 0 Å². The standard InChI is InChI=1S/C19H22N2O2S/c1-3-23-12-20-19-17(14-9-5-7-11-16(14)24-19)18(22)21-15-10-6-4-8-13(15)2/h4,6,8,10,12H,3,5,7,9,11H2,1-2H3,(H,21,22)/b20-12+. The van der Waals surface area contributed by atoms with Crippen molar-refractivity contribution in [3.63, 3.8) is 0 Å². The van der Waals surface area contributed by atoms with Crippen LogP contribution in [0.25, 0.3) is 0 Å². The lowest BCUT2D eigenvalue weighted by Crippen LogP contribution is -2.15. The van der Waals surface area contributed by atoms with E-state index in [0.717, 1.165) is 35.5 Å². The normalized spacial score (nSPS) is 13.8. The summed E-state index contributed by atoms with van der Waals surface area (Å²) in [5.41, 5.74) is 3.78. The number of hydrogen-bond donors (Lipinski definition) is 1. The van der Waals surface area contributed by atoms with Crippen molar-refractivity contribution in [1.29, 1.82) is 0 Å². The van der Waals surface area contributed by atoms with Gasteiger partial charge in [0.05, 0.1) is 12.2 Å². The van der Waals surface area contributed by atoms with Crippen LogP contribution in [0, 0.1) is 6.92 Å². The molecule has 0 aliphatic heterocycles. The highest BCUT2D eigenvalue weighted by Crippen LogP contribution is 2.40. The SMILES string of the molecule is CCO/C=N/c1sc2c(c1C(=O)Nc1ccccc1C)CCCC2. The molecule has 2 aromatic rings. The van der Waals surface area contributed by atoms with Crippen LogP contribution in [0.5, 0.6) is 0 Å². The summed E-state index contributed by atoms with van der Waals surface area (Å²) in [6, 6.07) is 7.82. The molecule has 1 aromatic heterocycles. The molecule has 5 heteroatoms. The Hall–Kier alpha value is -2.14. The molecule has 126 valence electrons. The van der Waals surface area contributed by atoms with E-state index in [0.29, 0.717) is 12.2 Å². The van der Waals surface area contributed by atoms with Crippen LogP contribution in [0.2, 0.25) is 0 Å². The molecular formula is C19H22N2O2S. The fourth-order valence-corrected chi connectivity index (χ4v) is 4.16. The third-order valence-corrected chi connectivity index (χ3v) is 5.38. The fourth-order valence-electron chi connectivity index (χ4n) is 2.93. The smallest absolute Gasteiger partial charge is 0.259 e. The summed E-state index contributed by atoms with van der Waals surface area (Å²) in [4.78, 5) is 18.6. The number of rotatable bonds is 5. The number of nitrogens with zero attached hydrogens (tertiary/aromatic N) is 1. The van der Waals surface area contributed by atoms with Crippen LogP contribution in [0.1, 0.15) is 46.1 Å². The van der Waals surface area contributed by atoms with Gasteiger partial charge in [-0.1, -0.05) is 18.2 Å². The number of amides is 1. The lowest BCUT2D eigenvalue weighted by molar-refractivity contribution is 0.102. The molecule has 1 heterocycles. The van der Waals surface area contributed by atoms with Crippen molar-refractivity contribution in [2.45, 2.75) is 39.5 Å². The summed E-state index contributed by atoms with van der Waals surface area (Å²) in [5.74, 6) is -0.0765. The lowest BCUT2D eigenvalue weighted by Gasteiger charge is -2.13. The molecule has 0 atom stereocenters. The second-order valence-electron chi connectivity index (χ2n) is 5.85. The van der Waals surface area contributed by atoms with E-state index in [1.165, 1.54) is 23.3 Å². The number of carbonyl (C=O) groups excluding carboxylic acids is 1. The summed E-state index contributed by atoms with van der Waals surface area (Å²) in [6.45, 7) is 4.48. The number of aliphatic imine (C=N–C) groups is 1. The maximum Gasteiger partial charge on any atom is 0.259 e. The third kappa shape index (κ3) is 3.51. The number of nitrogens with one attached hydrogen (secondary N) is 1. The Morgan fingerprint density at radius 3 is 2.92 bits per heavy atom. The van der Waals surface area contributed by atoms with Crippen LogP contribution in [-0.4, -0.2) is 18.9 Å². The molecule has 0 spiro atoms. The number of para-hydroxylation sites is 1. The zero-order chi connectivity index (χ0) is 16.9. The number of hydrogen-bond acceptors (Lipinski definition) is 4. The fraction of sp³-hybridized carbons (Fsp3) is 0.368. The first-order valence-electron chi connectivity index (χ1n) is 8.36. The molecule has 0 radical (unpaired) electrons. The number of aryl methyl sites for hydroxylation is 2. The average Bonchev–Trinajstić information content (AvgIpc) is 2.95. The Balaban J connectivity index is 1.94. The summed E-state index contributed by atoms with van der Waals surface area (Å²) >= 11 is 1.62. The summed E-state index contributed by atoms with van der Waals surface area (Å²) in [5, 5.41) is 3.80. The minimum absolute atomic E-state index is 0.0765. The molecule has 1 amide bonds. The number of benzene rings is 1. The Labute approximate surface area is 146 Å². The number of fused-ring (bicyclic) bond motifs is 1. The molecule has 24 heavy (non-hydrogen) atoms. The molecule has 1 aliphatic carbocycles. The van der Waals surface area contributed by atoms with Crippen molar-refractivity contribution in [3.8, 4) is 0 Å². The van der Waals surface area contributed by atoms with Crippen LogP contribution in [-0.2, 0) is 17.6 Å². The van der Waals surface area contributed by atoms with E-state index in [4.69, 9.17) is 4.74 Å². The highest BCUT2D eigenvalue weighted by Gasteiger charge is 2.25. The first-order chi connectivity index (χ1) is 11.7. The molecule has 0 bridgehead atoms. The third-order valence-electron chi connectivity index (χ3n) is 4.18. The van der Waals surface area contributed by atoms with Gasteiger partial charge in [-0.3, -0.25) is 4.79 Å². The minimum Gasteiger partial charge on any atom is -0.483 e. The van der Waals surface area contributed by atoms with Gasteiger partial charge in [-0.2, -0.15) is 0 Å². The molecule has 1 aromatic carbocycles. The van der Waals surface area contributed by atoms with Gasteiger partial charge < -0.3 is 10.1 Å². The predicted octanol–water partition coefficient (Wildman–Crippen LogP) is 4.88. The zero-order valence-electron chi connectivity index (χ0n) is 14.1. The van der Waals surface area contributed by atoms with Gasteiger partial charge in [0, 0.05) is 10.6 Å². The minimum atomic E-state index is -0.0765. The summed E-state index contributed by atoms with van der Waals surface area (Å²) < 4.78 is 5.22. The Kier molecular flexibility index (Phi) is 5.30. The molecule has 4 nitrogen and oxygen atoms in total. The molecule has 0 saturated heterocycles. The van der Waals surface area contributed by atoms with Gasteiger partial charge in [0.2, 0.25) is 0 Å². The largest absolute Gasteiger partial charge is 0.483 e. The molecule has 0 saturated carbocycles. The van der Waals surface area contributed by atoms with Crippen molar-refractivity contribution in [2.75, 3.05) is 11.9 Å². The van der Waals surface area contributed by atoms with E-state index < -0.39 is 0 Å². The Bertz CT molecular complexity index is 765. The monoisotopic (exact) mass is 342 g/mol. The van der Waals surface area contributed by atoms with Crippen molar-refractivity contribution in [2.24, 2.45) is 4.99 Å². The lowest BCUT2D eigenvalue weighted by atomic mass is 9.95. The highest BCUT2D eigenvalue weighted by atomic mass is 32.1. The second-order valence-corrected chi connectivity index (χ2v) is 6.93. The van der Waals surface area contributed by atoms with E-state index in [2.05, 4.69) is 10.3 Å². The Morgan fingerprint density at radius 2 is 2.12 bits per heavy atom. The van der Waals surface area contributed by atoms with E-state index in [-0.39, 0.29) is 5.91 Å². The molecule has 3 rings (SSSR count). The van der Waals surface area contributed by atoms with E-state index in [1.54, 1.807) is 11.3 Å². The van der Waals surface area contributed by atoms with Crippen molar-refractivity contribution < 1.29 is 9.53 Å². The van der Waals surface area contributed by atoms with Gasteiger partial charge in [-0.05, 0) is 56.7 Å². The predicted molar refractivity (Wildman–Crippen MR) is 99.9 cm³/mol. The van der Waals surface area contributed by atoms with Crippen LogP contribution in [0.3, 0.4) is 0 Å². The molecule has 0 unspecified atom stereocenters. The average molecular weight is 342 g/mol. The topological polar surface area (TPSA) is 50.7 Å². The van der Waals surface area contributed by atoms with Crippen molar-refractivity contribution in [3.05, 3.63) is 45.8 Å². The van der Waals surface area contributed by atoms with Gasteiger partial charge in [-0.25, -0.2) is 4.99 Å². The number of thiophene rings is 1. The number of anilines is 1. The maximum absolute atomic E-state index is 12.9. The first-order valence-corrected chi connectivity index (χ1v) is 9.18. The van der Waals surface area contributed by atoms with Gasteiger partial charge in [0.1, 0.15) is 5.00 Å². The molecule has 1 aliphatic rings. The van der Waals surface area contributed by atoms with Gasteiger partial charge in [0.25, 0.3) is 5.91 Å². The van der Waals surface area contributed by atoms with Gasteiger partial charge in [-0.15, -0.1) is 11.3 Å². The van der Waals surface area contributed by atoms with Crippen molar-refractivity contribution >= 4 is 34.3 Å². The maximum atomic E-state index is 12.9. The van der Waals surface area contributed by atoms with Crippen LogP contribution in [0.4, 0.5) is 10.7 Å². The first kappa shape index (κ1) is 16.7. The van der Waals surface area contributed by atoms with Crippen molar-refractivity contribution in [1.82, 2.24) is 0 Å². The summed E-state index contributed by atoms with van der Waals surface area (Å²) in [6.07, 6.45) is 5.74. The molecule has 1 N–H and O–H groups in total.